The lowest BCUT2D eigenvalue weighted by Crippen LogP contribution is -2.47. The Morgan fingerprint density at radius 3 is 1.56 bits per heavy atom. The van der Waals surface area contributed by atoms with Gasteiger partial charge >= 0.3 is 0 Å². The lowest BCUT2D eigenvalue weighted by molar-refractivity contribution is -0.120. The molecule has 1 aliphatic heterocycles. The Kier molecular flexibility index (Phi) is 10.7. The number of benzene rings is 2. The summed E-state index contributed by atoms with van der Waals surface area (Å²) >= 11 is 0. The van der Waals surface area contributed by atoms with E-state index < -0.39 is 5.60 Å². The zero-order chi connectivity index (χ0) is 24.2. The second-order valence-corrected chi connectivity index (χ2v) is 10.1. The lowest BCUT2D eigenvalue weighted by Gasteiger charge is -2.35. The number of aliphatic hydroxyl groups is 1. The van der Waals surface area contributed by atoms with Gasteiger partial charge in [0.15, 0.2) is 0 Å². The first kappa shape index (κ1) is 26.5. The molecule has 3 rings (SSSR count). The van der Waals surface area contributed by atoms with E-state index in [0.717, 1.165) is 24.0 Å². The van der Waals surface area contributed by atoms with Crippen LogP contribution in [-0.2, 0) is 23.2 Å². The Labute approximate surface area is 207 Å². The van der Waals surface area contributed by atoms with Crippen LogP contribution in [0.25, 0.3) is 0 Å². The van der Waals surface area contributed by atoms with Gasteiger partial charge < -0.3 is 10.4 Å². The molecule has 34 heavy (non-hydrogen) atoms. The number of carbonyl (C=O) groups excluding carboxylic acids is 1. The summed E-state index contributed by atoms with van der Waals surface area (Å²) in [5.74, 6) is 0.0239. The summed E-state index contributed by atoms with van der Waals surface area (Å²) in [7, 11) is 0. The molecule has 1 amide bonds. The zero-order valence-electron chi connectivity index (χ0n) is 21.5. The number of unbranched alkanes of at least 4 members (excludes halogenated alkanes) is 8. The highest BCUT2D eigenvalue weighted by Crippen LogP contribution is 2.37. The molecule has 2 aromatic rings. The number of amides is 1. The van der Waals surface area contributed by atoms with Crippen LogP contribution < -0.4 is 5.32 Å². The van der Waals surface area contributed by atoms with Crippen molar-refractivity contribution in [3.8, 4) is 0 Å². The molecule has 1 aliphatic rings. The van der Waals surface area contributed by atoms with Gasteiger partial charge in [-0.1, -0.05) is 114 Å². The maximum atomic E-state index is 12.1. The first-order valence-corrected chi connectivity index (χ1v) is 13.8. The quantitative estimate of drug-likeness (QED) is 0.274. The molecule has 1 saturated heterocycles. The Morgan fingerprint density at radius 2 is 1.18 bits per heavy atom. The number of hydrogen-bond acceptors (Lipinski definition) is 2. The van der Waals surface area contributed by atoms with Crippen molar-refractivity contribution in [2.75, 3.05) is 0 Å². The summed E-state index contributed by atoms with van der Waals surface area (Å²) in [5.41, 5.74) is 3.14. The fraction of sp³-hybridized carbons (Fsp3) is 0.581. The third-order valence-electron chi connectivity index (χ3n) is 7.43. The Hall–Kier alpha value is -2.13. The second-order valence-electron chi connectivity index (χ2n) is 10.1. The van der Waals surface area contributed by atoms with Crippen molar-refractivity contribution >= 4 is 5.91 Å². The maximum absolute atomic E-state index is 12.1. The molecule has 0 radical (unpaired) electrons. The summed E-state index contributed by atoms with van der Waals surface area (Å²) in [6.45, 7) is 4.49. The first-order valence-electron chi connectivity index (χ1n) is 13.8. The molecule has 2 N–H and O–H groups in total. The largest absolute Gasteiger partial charge is 0.378 e. The standard InChI is InChI=1S/C31H45NO2/c1-3-5-7-9-11-13-25-15-19-27(20-16-25)31(34,29-23-24-30(33)32-29)28-21-17-26(18-22-28)14-12-10-8-6-4-2/h15-22,29,34H,3-14,23-24H2,1-2H3,(H,32,33)/t29-/m1/s1. The van der Waals surface area contributed by atoms with Crippen LogP contribution in [0.15, 0.2) is 48.5 Å². The molecule has 0 spiro atoms. The SMILES string of the molecule is CCCCCCCc1ccc(C(O)(c2ccc(CCCCCCC)cc2)[C@H]2CCC(=O)N2)cc1. The Balaban J connectivity index is 1.72. The van der Waals surface area contributed by atoms with Crippen molar-refractivity contribution in [2.24, 2.45) is 0 Å². The highest BCUT2D eigenvalue weighted by molar-refractivity contribution is 5.79. The van der Waals surface area contributed by atoms with E-state index in [1.807, 2.05) is 0 Å². The summed E-state index contributed by atoms with van der Waals surface area (Å²) in [5, 5.41) is 15.1. The van der Waals surface area contributed by atoms with E-state index in [1.54, 1.807) is 0 Å². The number of aryl methyl sites for hydroxylation is 2. The van der Waals surface area contributed by atoms with Crippen molar-refractivity contribution in [1.82, 2.24) is 5.32 Å². The van der Waals surface area contributed by atoms with Gasteiger partial charge in [-0.15, -0.1) is 0 Å². The van der Waals surface area contributed by atoms with E-state index in [-0.39, 0.29) is 11.9 Å². The molecule has 1 fully saturated rings. The fourth-order valence-electron chi connectivity index (χ4n) is 5.21. The minimum absolute atomic E-state index is 0.0239. The van der Waals surface area contributed by atoms with Crippen molar-refractivity contribution in [1.29, 1.82) is 0 Å². The van der Waals surface area contributed by atoms with Crippen LogP contribution >= 0.6 is 0 Å². The predicted octanol–water partition coefficient (Wildman–Crippen LogP) is 7.23. The summed E-state index contributed by atoms with van der Waals surface area (Å²) in [6, 6.07) is 16.6. The van der Waals surface area contributed by atoms with Gasteiger partial charge in [-0.2, -0.15) is 0 Å². The Morgan fingerprint density at radius 1 is 0.735 bits per heavy atom. The van der Waals surface area contributed by atoms with Crippen LogP contribution in [0.5, 0.6) is 0 Å². The van der Waals surface area contributed by atoms with Crippen molar-refractivity contribution in [3.63, 3.8) is 0 Å². The van der Waals surface area contributed by atoms with Crippen LogP contribution in [0, 0.1) is 0 Å². The molecule has 0 bridgehead atoms. The summed E-state index contributed by atoms with van der Waals surface area (Å²) < 4.78 is 0. The van der Waals surface area contributed by atoms with Gasteiger partial charge in [0.05, 0.1) is 6.04 Å². The molecular weight excluding hydrogens is 418 g/mol. The molecule has 186 valence electrons. The van der Waals surface area contributed by atoms with Gasteiger partial charge in [0.1, 0.15) is 5.60 Å². The second kappa shape index (κ2) is 13.7. The molecule has 0 aliphatic carbocycles. The molecule has 0 saturated carbocycles. The van der Waals surface area contributed by atoms with Gasteiger partial charge in [0, 0.05) is 6.42 Å². The van der Waals surface area contributed by atoms with E-state index in [0.29, 0.717) is 12.8 Å². The van der Waals surface area contributed by atoms with Crippen molar-refractivity contribution < 1.29 is 9.90 Å². The number of nitrogens with one attached hydrogen (secondary N) is 1. The van der Waals surface area contributed by atoms with E-state index in [4.69, 9.17) is 0 Å². The third-order valence-corrected chi connectivity index (χ3v) is 7.43. The molecule has 2 aromatic carbocycles. The number of rotatable bonds is 15. The lowest BCUT2D eigenvalue weighted by atomic mass is 9.79. The van der Waals surface area contributed by atoms with Gasteiger partial charge in [-0.05, 0) is 54.4 Å². The fourth-order valence-corrected chi connectivity index (χ4v) is 5.21. The van der Waals surface area contributed by atoms with Gasteiger partial charge in [-0.3, -0.25) is 4.79 Å². The average Bonchev–Trinajstić information content (AvgIpc) is 3.31. The highest BCUT2D eigenvalue weighted by Gasteiger charge is 2.43. The maximum Gasteiger partial charge on any atom is 0.220 e. The van der Waals surface area contributed by atoms with Gasteiger partial charge in [0.25, 0.3) is 0 Å². The van der Waals surface area contributed by atoms with Crippen LogP contribution in [0.1, 0.15) is 113 Å². The van der Waals surface area contributed by atoms with E-state index in [1.165, 1.54) is 75.3 Å². The van der Waals surface area contributed by atoms with Crippen molar-refractivity contribution in [2.45, 2.75) is 115 Å². The molecule has 0 aromatic heterocycles. The van der Waals surface area contributed by atoms with E-state index >= 15 is 0 Å². The van der Waals surface area contributed by atoms with Gasteiger partial charge in [-0.25, -0.2) is 0 Å². The van der Waals surface area contributed by atoms with Crippen LogP contribution in [0.4, 0.5) is 0 Å². The minimum Gasteiger partial charge on any atom is -0.378 e. The van der Waals surface area contributed by atoms with Crippen molar-refractivity contribution in [3.05, 3.63) is 70.8 Å². The smallest absolute Gasteiger partial charge is 0.220 e. The predicted molar refractivity (Wildman–Crippen MR) is 142 cm³/mol. The molecule has 0 unspecified atom stereocenters. The van der Waals surface area contributed by atoms with E-state index in [2.05, 4.69) is 67.7 Å². The summed E-state index contributed by atoms with van der Waals surface area (Å²) in [4.78, 5) is 12.0. The molecular formula is C31H45NO2. The topological polar surface area (TPSA) is 49.3 Å². The number of carbonyl (C=O) groups is 1. The van der Waals surface area contributed by atoms with Crippen LogP contribution in [0.2, 0.25) is 0 Å². The monoisotopic (exact) mass is 463 g/mol. The third kappa shape index (κ3) is 7.18. The molecule has 1 atom stereocenters. The average molecular weight is 464 g/mol. The molecule has 3 nitrogen and oxygen atoms in total. The van der Waals surface area contributed by atoms with Crippen LogP contribution in [0.3, 0.4) is 0 Å². The normalized spacial score (nSPS) is 16.1. The Bertz CT molecular complexity index is 799. The number of hydrogen-bond donors (Lipinski definition) is 2. The van der Waals surface area contributed by atoms with Crippen LogP contribution in [-0.4, -0.2) is 17.1 Å². The molecule has 1 heterocycles. The van der Waals surface area contributed by atoms with Gasteiger partial charge in [0.2, 0.25) is 5.91 Å². The molecule has 3 heteroatoms. The zero-order valence-corrected chi connectivity index (χ0v) is 21.5. The summed E-state index contributed by atoms with van der Waals surface area (Å²) in [6.07, 6.45) is 16.0. The first-order chi connectivity index (χ1) is 16.6. The highest BCUT2D eigenvalue weighted by atomic mass is 16.3. The van der Waals surface area contributed by atoms with E-state index in [9.17, 15) is 9.90 Å². The minimum atomic E-state index is -1.22.